The zero-order chi connectivity index (χ0) is 14.3. The molecule has 1 rings (SSSR count). The fourth-order valence-electron chi connectivity index (χ4n) is 1.46. The number of halogens is 3. The van der Waals surface area contributed by atoms with Crippen molar-refractivity contribution in [1.82, 2.24) is 4.90 Å². The second-order valence-corrected chi connectivity index (χ2v) is 3.79. The van der Waals surface area contributed by atoms with Crippen molar-refractivity contribution in [1.29, 1.82) is 0 Å². The molecule has 0 atom stereocenters. The predicted octanol–water partition coefficient (Wildman–Crippen LogP) is 1.92. The third-order valence-corrected chi connectivity index (χ3v) is 2.31. The van der Waals surface area contributed by atoms with Crippen LogP contribution in [-0.4, -0.2) is 42.0 Å². The summed E-state index contributed by atoms with van der Waals surface area (Å²) in [5.41, 5.74) is 0.453. The Morgan fingerprint density at radius 2 is 2.16 bits per heavy atom. The summed E-state index contributed by atoms with van der Waals surface area (Å²) in [6, 6.07) is 5.53. The molecule has 1 aromatic rings. The smallest absolute Gasteiger partial charge is 0.255 e. The first-order chi connectivity index (χ1) is 9.02. The highest BCUT2D eigenvalue weighted by molar-refractivity contribution is 5.91. The van der Waals surface area contributed by atoms with Crippen LogP contribution in [0.3, 0.4) is 0 Å². The van der Waals surface area contributed by atoms with E-state index in [1.54, 1.807) is 6.07 Å². The van der Waals surface area contributed by atoms with Crippen molar-refractivity contribution < 1.29 is 23.1 Å². The molecule has 0 bridgehead atoms. The van der Waals surface area contributed by atoms with Gasteiger partial charge in [0.1, 0.15) is 5.82 Å². The number of rotatable bonds is 6. The molecular formula is C13H14F3NO2. The second kappa shape index (κ2) is 7.58. The Morgan fingerprint density at radius 1 is 1.42 bits per heavy atom. The average molecular weight is 273 g/mol. The fourth-order valence-corrected chi connectivity index (χ4v) is 1.46. The summed E-state index contributed by atoms with van der Waals surface area (Å²) in [6.07, 6.45) is -0.258. The Balaban J connectivity index is 2.70. The predicted molar refractivity (Wildman–Crippen MR) is 65.1 cm³/mol. The third kappa shape index (κ3) is 5.56. The number of carbonyl (C=O) groups excluding carboxylic acids is 1. The highest BCUT2D eigenvalue weighted by atomic mass is 19.3. The molecule has 0 radical (unpaired) electrons. The van der Waals surface area contributed by atoms with Crippen molar-refractivity contribution in [2.24, 2.45) is 0 Å². The Kier molecular flexibility index (Phi) is 6.08. The summed E-state index contributed by atoms with van der Waals surface area (Å²) in [6.45, 7) is -1.31. The lowest BCUT2D eigenvalue weighted by molar-refractivity contribution is -0.128. The minimum atomic E-state index is -2.67. The zero-order valence-electron chi connectivity index (χ0n) is 10.1. The molecule has 0 aliphatic heterocycles. The van der Waals surface area contributed by atoms with Gasteiger partial charge in [0.25, 0.3) is 6.43 Å². The lowest BCUT2D eigenvalue weighted by atomic mass is 10.2. The van der Waals surface area contributed by atoms with E-state index < -0.39 is 31.3 Å². The molecular weight excluding hydrogens is 259 g/mol. The maximum atomic E-state index is 12.9. The molecule has 0 aliphatic carbocycles. The Hall–Kier alpha value is -1.82. The lowest BCUT2D eigenvalue weighted by Crippen LogP contribution is -2.36. The highest BCUT2D eigenvalue weighted by Gasteiger charge is 2.15. The molecule has 1 amide bonds. The SMILES string of the molecule is O=C(/C=C/c1cccc(F)c1)N(CCO)CC(F)F. The van der Waals surface area contributed by atoms with E-state index in [-0.39, 0.29) is 6.54 Å². The Morgan fingerprint density at radius 3 is 2.74 bits per heavy atom. The van der Waals surface area contributed by atoms with Crippen LogP contribution < -0.4 is 0 Å². The molecule has 0 spiro atoms. The molecule has 1 aromatic carbocycles. The van der Waals surface area contributed by atoms with Crippen LogP contribution in [0.5, 0.6) is 0 Å². The maximum Gasteiger partial charge on any atom is 0.255 e. The summed E-state index contributed by atoms with van der Waals surface area (Å²) >= 11 is 0. The van der Waals surface area contributed by atoms with Crippen LogP contribution in [0.15, 0.2) is 30.3 Å². The molecule has 6 heteroatoms. The van der Waals surface area contributed by atoms with Crippen LogP contribution in [-0.2, 0) is 4.79 Å². The maximum absolute atomic E-state index is 12.9. The van der Waals surface area contributed by atoms with E-state index >= 15 is 0 Å². The first-order valence-corrected chi connectivity index (χ1v) is 5.64. The first kappa shape index (κ1) is 15.2. The van der Waals surface area contributed by atoms with Gasteiger partial charge in [-0.25, -0.2) is 13.2 Å². The molecule has 1 N–H and O–H groups in total. The van der Waals surface area contributed by atoms with E-state index in [0.29, 0.717) is 5.56 Å². The normalized spacial score (nSPS) is 11.2. The van der Waals surface area contributed by atoms with E-state index in [1.165, 1.54) is 24.3 Å². The van der Waals surface area contributed by atoms with Crippen molar-refractivity contribution in [3.8, 4) is 0 Å². The molecule has 0 saturated carbocycles. The average Bonchev–Trinajstić information content (AvgIpc) is 2.35. The number of nitrogens with zero attached hydrogens (tertiary/aromatic N) is 1. The molecule has 104 valence electrons. The lowest BCUT2D eigenvalue weighted by Gasteiger charge is -2.19. The van der Waals surface area contributed by atoms with E-state index in [9.17, 15) is 18.0 Å². The van der Waals surface area contributed by atoms with E-state index in [0.717, 1.165) is 11.0 Å². The number of benzene rings is 1. The fraction of sp³-hybridized carbons (Fsp3) is 0.308. The molecule has 19 heavy (non-hydrogen) atoms. The van der Waals surface area contributed by atoms with Crippen LogP contribution in [0.25, 0.3) is 6.08 Å². The van der Waals surface area contributed by atoms with Gasteiger partial charge < -0.3 is 10.0 Å². The van der Waals surface area contributed by atoms with Crippen LogP contribution in [0.1, 0.15) is 5.56 Å². The van der Waals surface area contributed by atoms with Crippen molar-refractivity contribution in [2.45, 2.75) is 6.43 Å². The molecule has 0 heterocycles. The van der Waals surface area contributed by atoms with Crippen LogP contribution >= 0.6 is 0 Å². The van der Waals surface area contributed by atoms with Crippen molar-refractivity contribution in [3.05, 3.63) is 41.7 Å². The van der Waals surface area contributed by atoms with Crippen molar-refractivity contribution in [3.63, 3.8) is 0 Å². The first-order valence-electron chi connectivity index (χ1n) is 5.64. The van der Waals surface area contributed by atoms with E-state index in [2.05, 4.69) is 0 Å². The number of carbonyl (C=O) groups is 1. The van der Waals surface area contributed by atoms with E-state index in [1.807, 2.05) is 0 Å². The zero-order valence-corrected chi connectivity index (χ0v) is 10.1. The topological polar surface area (TPSA) is 40.5 Å². The number of alkyl halides is 2. The third-order valence-electron chi connectivity index (χ3n) is 2.31. The van der Waals surface area contributed by atoms with E-state index in [4.69, 9.17) is 5.11 Å². The van der Waals surface area contributed by atoms with Gasteiger partial charge in [0, 0.05) is 12.6 Å². The summed E-state index contributed by atoms with van der Waals surface area (Å²) in [5, 5.41) is 8.71. The van der Waals surface area contributed by atoms with Gasteiger partial charge in [-0.15, -0.1) is 0 Å². The summed E-state index contributed by atoms with van der Waals surface area (Å²) in [7, 11) is 0. The van der Waals surface area contributed by atoms with Gasteiger partial charge >= 0.3 is 0 Å². The Labute approximate surface area is 109 Å². The van der Waals surface area contributed by atoms with Gasteiger partial charge in [-0.2, -0.15) is 0 Å². The molecule has 0 fully saturated rings. The molecule has 0 unspecified atom stereocenters. The van der Waals surface area contributed by atoms with Gasteiger partial charge in [0.2, 0.25) is 5.91 Å². The van der Waals surface area contributed by atoms with Gasteiger partial charge in [0.15, 0.2) is 0 Å². The number of hydrogen-bond acceptors (Lipinski definition) is 2. The Bertz CT molecular complexity index is 449. The van der Waals surface area contributed by atoms with Crippen molar-refractivity contribution >= 4 is 12.0 Å². The van der Waals surface area contributed by atoms with Gasteiger partial charge in [-0.1, -0.05) is 12.1 Å². The minimum Gasteiger partial charge on any atom is -0.395 e. The molecule has 0 aliphatic rings. The van der Waals surface area contributed by atoms with Gasteiger partial charge in [0.05, 0.1) is 13.2 Å². The number of hydrogen-bond donors (Lipinski definition) is 1. The summed E-state index contributed by atoms with van der Waals surface area (Å²) < 4.78 is 37.4. The van der Waals surface area contributed by atoms with Crippen LogP contribution in [0.2, 0.25) is 0 Å². The quantitative estimate of drug-likeness (QED) is 0.804. The van der Waals surface area contributed by atoms with Crippen LogP contribution in [0.4, 0.5) is 13.2 Å². The largest absolute Gasteiger partial charge is 0.395 e. The molecule has 0 saturated heterocycles. The molecule has 3 nitrogen and oxygen atoms in total. The number of aliphatic hydroxyl groups excluding tert-OH is 1. The van der Waals surface area contributed by atoms with Gasteiger partial charge in [-0.05, 0) is 23.8 Å². The summed E-state index contributed by atoms with van der Waals surface area (Å²) in [5.74, 6) is -1.10. The molecule has 0 aromatic heterocycles. The monoisotopic (exact) mass is 273 g/mol. The standard InChI is InChI=1S/C13H14F3NO2/c14-11-3-1-2-10(8-11)4-5-13(19)17(6-7-18)9-12(15)16/h1-5,8,12,18H,6-7,9H2/b5-4+. The van der Waals surface area contributed by atoms with Gasteiger partial charge in [-0.3, -0.25) is 4.79 Å². The minimum absolute atomic E-state index is 0.170. The van der Waals surface area contributed by atoms with Crippen LogP contribution in [0, 0.1) is 5.82 Å². The summed E-state index contributed by atoms with van der Waals surface area (Å²) in [4.78, 5) is 12.5. The highest BCUT2D eigenvalue weighted by Crippen LogP contribution is 2.06. The number of amides is 1. The van der Waals surface area contributed by atoms with Crippen molar-refractivity contribution in [2.75, 3.05) is 19.7 Å². The number of aliphatic hydroxyl groups is 1. The second-order valence-electron chi connectivity index (χ2n) is 3.79.